The molecule has 0 radical (unpaired) electrons. The Hall–Kier alpha value is -0.290. The van der Waals surface area contributed by atoms with Gasteiger partial charge in [-0.2, -0.15) is 13.2 Å². The lowest BCUT2D eigenvalue weighted by molar-refractivity contribution is -0.188. The van der Waals surface area contributed by atoms with E-state index < -0.39 is 17.5 Å². The van der Waals surface area contributed by atoms with E-state index in [2.05, 4.69) is 0 Å². The average molecular weight is 237 g/mol. The van der Waals surface area contributed by atoms with E-state index in [4.69, 9.17) is 5.73 Å². The van der Waals surface area contributed by atoms with Crippen LogP contribution < -0.4 is 5.73 Å². The molecule has 2 rings (SSSR count). The summed E-state index contributed by atoms with van der Waals surface area (Å²) in [7, 11) is 0. The Morgan fingerprint density at radius 3 is 2.50 bits per heavy atom. The second kappa shape index (κ2) is 3.60. The van der Waals surface area contributed by atoms with Gasteiger partial charge in [0.05, 0.1) is 12.5 Å². The van der Waals surface area contributed by atoms with E-state index >= 15 is 0 Å². The zero-order valence-corrected chi connectivity index (χ0v) is 9.19. The minimum absolute atomic E-state index is 0.0753. The van der Waals surface area contributed by atoms with Gasteiger partial charge < -0.3 is 10.8 Å². The SMILES string of the molecule is NCC1(CO)CC12CCCC(C(F)(F)F)C2. The molecule has 0 amide bonds. The number of rotatable bonds is 2. The van der Waals surface area contributed by atoms with E-state index in [9.17, 15) is 18.3 Å². The number of nitrogens with two attached hydrogens (primary N) is 1. The third-order valence-electron chi connectivity index (χ3n) is 4.68. The lowest BCUT2D eigenvalue weighted by atomic mass is 9.74. The van der Waals surface area contributed by atoms with Crippen molar-refractivity contribution in [1.29, 1.82) is 0 Å². The zero-order valence-electron chi connectivity index (χ0n) is 9.19. The van der Waals surface area contributed by atoms with Crippen LogP contribution in [0.25, 0.3) is 0 Å². The molecule has 5 heteroatoms. The molecule has 0 bridgehead atoms. The molecule has 2 saturated carbocycles. The molecule has 2 fully saturated rings. The molecule has 1 spiro atoms. The number of hydrogen-bond acceptors (Lipinski definition) is 2. The molecule has 0 heterocycles. The first-order valence-electron chi connectivity index (χ1n) is 5.77. The maximum absolute atomic E-state index is 12.7. The first kappa shape index (κ1) is 12.2. The molecule has 3 atom stereocenters. The average Bonchev–Trinajstić information content (AvgIpc) is 2.85. The Kier molecular flexibility index (Phi) is 2.74. The molecule has 2 aliphatic carbocycles. The minimum atomic E-state index is -4.09. The van der Waals surface area contributed by atoms with E-state index in [1.54, 1.807) is 0 Å². The molecule has 3 unspecified atom stereocenters. The molecular formula is C11H18F3NO. The van der Waals surface area contributed by atoms with Gasteiger partial charge in [-0.15, -0.1) is 0 Å². The fraction of sp³-hybridized carbons (Fsp3) is 1.00. The molecule has 0 aromatic rings. The summed E-state index contributed by atoms with van der Waals surface area (Å²) >= 11 is 0. The van der Waals surface area contributed by atoms with Crippen LogP contribution in [0.3, 0.4) is 0 Å². The van der Waals surface area contributed by atoms with Gasteiger partial charge in [0.1, 0.15) is 0 Å². The summed E-state index contributed by atoms with van der Waals surface area (Å²) in [5, 5.41) is 9.30. The van der Waals surface area contributed by atoms with Crippen molar-refractivity contribution in [3.05, 3.63) is 0 Å². The van der Waals surface area contributed by atoms with Gasteiger partial charge in [-0.1, -0.05) is 6.42 Å². The summed E-state index contributed by atoms with van der Waals surface area (Å²) in [4.78, 5) is 0. The van der Waals surface area contributed by atoms with E-state index in [-0.39, 0.29) is 24.9 Å². The molecule has 2 aliphatic rings. The summed E-state index contributed by atoms with van der Waals surface area (Å²) in [5.74, 6) is -1.19. The van der Waals surface area contributed by atoms with Crippen LogP contribution in [0.2, 0.25) is 0 Å². The summed E-state index contributed by atoms with van der Waals surface area (Å²) in [6.07, 6.45) is -1.64. The molecule has 94 valence electrons. The van der Waals surface area contributed by atoms with Crippen molar-refractivity contribution in [1.82, 2.24) is 0 Å². The third kappa shape index (κ3) is 1.64. The van der Waals surface area contributed by atoms with E-state index in [1.165, 1.54) is 0 Å². The quantitative estimate of drug-likeness (QED) is 0.772. The van der Waals surface area contributed by atoms with Crippen LogP contribution in [0.1, 0.15) is 32.1 Å². The normalized spacial score (nSPS) is 43.7. The van der Waals surface area contributed by atoms with Crippen LogP contribution in [-0.2, 0) is 0 Å². The first-order chi connectivity index (χ1) is 7.39. The van der Waals surface area contributed by atoms with Crippen molar-refractivity contribution in [2.45, 2.75) is 38.3 Å². The largest absolute Gasteiger partial charge is 0.396 e. The van der Waals surface area contributed by atoms with Gasteiger partial charge in [0.15, 0.2) is 0 Å². The van der Waals surface area contributed by atoms with Crippen LogP contribution in [0, 0.1) is 16.7 Å². The molecule has 2 nitrogen and oxygen atoms in total. The fourth-order valence-electron chi connectivity index (χ4n) is 3.46. The molecule has 0 aromatic carbocycles. The maximum Gasteiger partial charge on any atom is 0.391 e. The standard InChI is InChI=1S/C11H18F3NO/c12-11(13,14)8-2-1-3-9(4-8)5-10(9,6-15)7-16/h8,16H,1-7,15H2. The van der Waals surface area contributed by atoms with E-state index in [0.29, 0.717) is 19.4 Å². The van der Waals surface area contributed by atoms with Crippen LogP contribution in [-0.4, -0.2) is 24.4 Å². The van der Waals surface area contributed by atoms with E-state index in [0.717, 1.165) is 6.42 Å². The van der Waals surface area contributed by atoms with Gasteiger partial charge in [-0.3, -0.25) is 0 Å². The predicted molar refractivity (Wildman–Crippen MR) is 53.6 cm³/mol. The molecule has 0 aromatic heterocycles. The second-order valence-corrected chi connectivity index (χ2v) is 5.43. The van der Waals surface area contributed by atoms with Crippen LogP contribution in [0.4, 0.5) is 13.2 Å². The number of aliphatic hydroxyl groups is 1. The van der Waals surface area contributed by atoms with Crippen LogP contribution >= 0.6 is 0 Å². The molecule has 0 saturated heterocycles. The number of alkyl halides is 3. The first-order valence-corrected chi connectivity index (χ1v) is 5.77. The topological polar surface area (TPSA) is 46.2 Å². The highest BCUT2D eigenvalue weighted by Crippen LogP contribution is 2.71. The van der Waals surface area contributed by atoms with Crippen molar-refractivity contribution < 1.29 is 18.3 Å². The smallest absolute Gasteiger partial charge is 0.391 e. The van der Waals surface area contributed by atoms with Crippen molar-refractivity contribution in [2.24, 2.45) is 22.5 Å². The van der Waals surface area contributed by atoms with Crippen molar-refractivity contribution in [3.63, 3.8) is 0 Å². The molecular weight excluding hydrogens is 219 g/mol. The number of hydrogen-bond donors (Lipinski definition) is 2. The van der Waals surface area contributed by atoms with Crippen LogP contribution in [0.15, 0.2) is 0 Å². The minimum Gasteiger partial charge on any atom is -0.396 e. The Balaban J connectivity index is 2.10. The highest BCUT2D eigenvalue weighted by molar-refractivity contribution is 5.16. The van der Waals surface area contributed by atoms with Crippen molar-refractivity contribution in [2.75, 3.05) is 13.2 Å². The van der Waals surface area contributed by atoms with Gasteiger partial charge in [-0.25, -0.2) is 0 Å². The highest BCUT2D eigenvalue weighted by Gasteiger charge is 2.68. The monoisotopic (exact) mass is 237 g/mol. The van der Waals surface area contributed by atoms with Gasteiger partial charge >= 0.3 is 6.18 Å². The van der Waals surface area contributed by atoms with E-state index in [1.807, 2.05) is 0 Å². The summed E-state index contributed by atoms with van der Waals surface area (Å²) < 4.78 is 38.0. The third-order valence-corrected chi connectivity index (χ3v) is 4.68. The fourth-order valence-corrected chi connectivity index (χ4v) is 3.46. The second-order valence-electron chi connectivity index (χ2n) is 5.43. The molecule has 16 heavy (non-hydrogen) atoms. The maximum atomic E-state index is 12.7. The Morgan fingerprint density at radius 2 is 2.06 bits per heavy atom. The summed E-state index contributed by atoms with van der Waals surface area (Å²) in [6, 6.07) is 0. The number of halogens is 3. The number of aliphatic hydroxyl groups excluding tert-OH is 1. The van der Waals surface area contributed by atoms with Gasteiger partial charge in [-0.05, 0) is 31.1 Å². The Labute approximate surface area is 93.0 Å². The Bertz CT molecular complexity index is 275. The highest BCUT2D eigenvalue weighted by atomic mass is 19.4. The van der Waals surface area contributed by atoms with Gasteiger partial charge in [0.25, 0.3) is 0 Å². The summed E-state index contributed by atoms with van der Waals surface area (Å²) in [5.41, 5.74) is 4.85. The summed E-state index contributed by atoms with van der Waals surface area (Å²) in [6.45, 7) is 0.224. The van der Waals surface area contributed by atoms with Crippen molar-refractivity contribution in [3.8, 4) is 0 Å². The molecule has 0 aliphatic heterocycles. The lowest BCUT2D eigenvalue weighted by Crippen LogP contribution is -2.35. The van der Waals surface area contributed by atoms with Crippen molar-refractivity contribution >= 4 is 0 Å². The lowest BCUT2D eigenvalue weighted by Gasteiger charge is -2.34. The predicted octanol–water partition coefficient (Wildman–Crippen LogP) is 2.07. The van der Waals surface area contributed by atoms with Gasteiger partial charge in [0, 0.05) is 12.0 Å². The van der Waals surface area contributed by atoms with Crippen LogP contribution in [0.5, 0.6) is 0 Å². The Morgan fingerprint density at radius 1 is 1.38 bits per heavy atom. The molecule has 3 N–H and O–H groups in total. The zero-order chi connectivity index (χ0) is 12.0. The van der Waals surface area contributed by atoms with Gasteiger partial charge in [0.2, 0.25) is 0 Å².